The molecule has 0 amide bonds. The molecule has 77 heavy (non-hydrogen) atoms. The number of allylic oxidation sites excluding steroid dienone is 1. The van der Waals surface area contributed by atoms with Gasteiger partial charge in [0, 0.05) is 40.1 Å². The highest BCUT2D eigenvalue weighted by atomic mass is 32.2. The first-order valence-corrected chi connectivity index (χ1v) is 26.0. The molecule has 1 aliphatic heterocycles. The molecule has 18 nitrogen and oxygen atoms in total. The van der Waals surface area contributed by atoms with Gasteiger partial charge in [-0.05, 0) is 87.8 Å². The van der Waals surface area contributed by atoms with E-state index in [9.17, 15) is 43.5 Å². The van der Waals surface area contributed by atoms with E-state index in [4.69, 9.17) is 42.6 Å². The van der Waals surface area contributed by atoms with Crippen LogP contribution in [0.4, 0.5) is 0 Å². The third kappa shape index (κ3) is 12.1. The second kappa shape index (κ2) is 24.2. The van der Waals surface area contributed by atoms with Crippen LogP contribution in [0.5, 0.6) is 40.2 Å². The number of hydrogen-bond acceptors (Lipinski definition) is 20. The van der Waals surface area contributed by atoms with Crippen molar-refractivity contribution >= 4 is 81.7 Å². The standard InChI is InChI=1S/C57H48O18S2/c1-3-44(59)70-29-68-35-21-23-36(24-22-35)72-53(63)31-13-17-33(18-14-31)55(65)74-49-40-11-7-8-12-41(40)50(52-51(49)76-57(77-52)46-47(61)38-9-5-6-10-39(38)48(46)62)75-56(66)34-19-15-32(16-20-34)54(64)73-37-25-26-42(43(27-37)67-28-58)69-30-71-45(60)4-2/h3-12,21-27,31-34,58H,1-2,13-20,28-30H2. The third-order valence-corrected chi connectivity index (χ3v) is 15.9. The van der Waals surface area contributed by atoms with Crippen molar-refractivity contribution in [1.29, 1.82) is 0 Å². The number of aliphatic hydroxyl groups is 1. The zero-order valence-electron chi connectivity index (χ0n) is 41.0. The SMILES string of the molecule is C=CC(=O)OCOc1ccc(OC(=O)C2CCC(C(=O)Oc3c4c(c(OC(=O)C5CCC(C(=O)Oc6ccc(OCOC(=O)C=C)c(OCO)c6)CC5)c5ccccc35)SC(=C3C(=O)c5ccccc5C3=O)S4)CC2)cc1. The second-order valence-corrected chi connectivity index (χ2v) is 20.2. The van der Waals surface area contributed by atoms with Gasteiger partial charge in [0.15, 0.2) is 41.4 Å². The summed E-state index contributed by atoms with van der Waals surface area (Å²) in [4.78, 5) is 106. The predicted molar refractivity (Wildman–Crippen MR) is 275 cm³/mol. The molecule has 0 aromatic heterocycles. The number of ketones is 2. The lowest BCUT2D eigenvalue weighted by Crippen LogP contribution is -2.30. The first kappa shape index (κ1) is 53.6. The quantitative estimate of drug-likeness (QED) is 0.0282. The Morgan fingerprint density at radius 1 is 0.506 bits per heavy atom. The summed E-state index contributed by atoms with van der Waals surface area (Å²) in [5.74, 6) is -5.39. The van der Waals surface area contributed by atoms with Crippen molar-refractivity contribution in [3.8, 4) is 40.2 Å². The molecule has 0 atom stereocenters. The first-order valence-electron chi connectivity index (χ1n) is 24.4. The number of thioether (sulfide) groups is 2. The lowest BCUT2D eigenvalue weighted by atomic mass is 9.82. The Hall–Kier alpha value is -8.20. The van der Waals surface area contributed by atoms with Crippen LogP contribution in [0.2, 0.25) is 0 Å². The third-order valence-electron chi connectivity index (χ3n) is 13.3. The Balaban J connectivity index is 0.889. The molecule has 3 aliphatic carbocycles. The minimum absolute atomic E-state index is 0.0245. The molecular weight excluding hydrogens is 1040 g/mol. The number of fused-ring (bicyclic) bond motifs is 3. The van der Waals surface area contributed by atoms with E-state index in [1.54, 1.807) is 72.8 Å². The molecule has 2 saturated carbocycles. The van der Waals surface area contributed by atoms with Crippen LogP contribution in [0.15, 0.2) is 136 Å². The van der Waals surface area contributed by atoms with Crippen LogP contribution in [0.1, 0.15) is 72.1 Å². The molecule has 0 radical (unpaired) electrons. The molecule has 0 unspecified atom stereocenters. The molecular formula is C57H48O18S2. The van der Waals surface area contributed by atoms with Crippen molar-refractivity contribution in [2.45, 2.75) is 61.2 Å². The van der Waals surface area contributed by atoms with E-state index in [0.29, 0.717) is 69.1 Å². The normalized spacial score (nSPS) is 18.5. The van der Waals surface area contributed by atoms with Gasteiger partial charge in [-0.1, -0.05) is 85.2 Å². The monoisotopic (exact) mass is 1080 g/mol. The molecule has 1 N–H and O–H groups in total. The van der Waals surface area contributed by atoms with Crippen molar-refractivity contribution in [1.82, 2.24) is 0 Å². The molecule has 396 valence electrons. The molecule has 0 spiro atoms. The van der Waals surface area contributed by atoms with Gasteiger partial charge in [-0.15, -0.1) is 0 Å². The number of rotatable bonds is 18. The van der Waals surface area contributed by atoms with Gasteiger partial charge in [0.1, 0.15) is 17.2 Å². The van der Waals surface area contributed by atoms with Crippen molar-refractivity contribution in [2.24, 2.45) is 23.7 Å². The molecule has 2 fully saturated rings. The maximum absolute atomic E-state index is 14.3. The summed E-state index contributed by atoms with van der Waals surface area (Å²) in [6.07, 6.45) is 4.47. The zero-order valence-corrected chi connectivity index (χ0v) is 42.7. The summed E-state index contributed by atoms with van der Waals surface area (Å²) in [5, 5.41) is 10.3. The maximum atomic E-state index is 14.3. The smallest absolute Gasteiger partial charge is 0.333 e. The molecule has 1 heterocycles. The molecule has 9 rings (SSSR count). The van der Waals surface area contributed by atoms with E-state index in [0.717, 1.165) is 35.7 Å². The molecule has 0 bridgehead atoms. The predicted octanol–water partition coefficient (Wildman–Crippen LogP) is 9.42. The van der Waals surface area contributed by atoms with E-state index in [2.05, 4.69) is 13.2 Å². The Labute approximate surface area is 448 Å². The number of hydrogen-bond donors (Lipinski definition) is 1. The fourth-order valence-corrected chi connectivity index (χ4v) is 12.0. The lowest BCUT2D eigenvalue weighted by Gasteiger charge is -2.27. The summed E-state index contributed by atoms with van der Waals surface area (Å²) >= 11 is 2.17. The van der Waals surface area contributed by atoms with Gasteiger partial charge < -0.3 is 47.7 Å². The molecule has 4 aliphatic rings. The van der Waals surface area contributed by atoms with Crippen LogP contribution in [-0.2, 0) is 38.2 Å². The Morgan fingerprint density at radius 2 is 0.922 bits per heavy atom. The number of carbonyl (C=O) groups is 8. The van der Waals surface area contributed by atoms with Crippen molar-refractivity contribution in [3.05, 3.63) is 137 Å². The Bertz CT molecular complexity index is 3200. The Kier molecular flexibility index (Phi) is 16.9. The van der Waals surface area contributed by atoms with Crippen LogP contribution in [-0.4, -0.2) is 72.9 Å². The van der Waals surface area contributed by atoms with Crippen molar-refractivity contribution in [3.63, 3.8) is 0 Å². The number of esters is 6. The van der Waals surface area contributed by atoms with E-state index < -0.39 is 84.6 Å². The van der Waals surface area contributed by atoms with Gasteiger partial charge in [0.05, 0.1) is 43.3 Å². The van der Waals surface area contributed by atoms with E-state index in [1.807, 2.05) is 0 Å². The summed E-state index contributed by atoms with van der Waals surface area (Å²) < 4.78 is 49.9. The van der Waals surface area contributed by atoms with Gasteiger partial charge in [0.2, 0.25) is 13.6 Å². The van der Waals surface area contributed by atoms with Gasteiger partial charge in [-0.2, -0.15) is 0 Å². The fourth-order valence-electron chi connectivity index (χ4n) is 9.24. The average molecular weight is 1090 g/mol. The minimum Gasteiger partial charge on any atom is -0.464 e. The topological polar surface area (TPSA) is 240 Å². The summed E-state index contributed by atoms with van der Waals surface area (Å²) in [5.41, 5.74) is 0.484. The van der Waals surface area contributed by atoms with Gasteiger partial charge in [0.25, 0.3) is 0 Å². The lowest BCUT2D eigenvalue weighted by molar-refractivity contribution is -0.145. The Morgan fingerprint density at radius 3 is 1.39 bits per heavy atom. The number of ether oxygens (including phenoxy) is 9. The molecule has 0 saturated heterocycles. The maximum Gasteiger partial charge on any atom is 0.333 e. The van der Waals surface area contributed by atoms with Crippen LogP contribution in [0.3, 0.4) is 0 Å². The summed E-state index contributed by atoms with van der Waals surface area (Å²) in [6.45, 7) is 5.14. The highest BCUT2D eigenvalue weighted by Gasteiger charge is 2.42. The second-order valence-electron chi connectivity index (χ2n) is 17.9. The minimum atomic E-state index is -0.719. The highest BCUT2D eigenvalue weighted by molar-refractivity contribution is 8.25. The molecule has 5 aromatic rings. The van der Waals surface area contributed by atoms with Gasteiger partial charge in [-0.3, -0.25) is 28.8 Å². The van der Waals surface area contributed by atoms with Crippen LogP contribution in [0.25, 0.3) is 10.8 Å². The van der Waals surface area contributed by atoms with Crippen LogP contribution < -0.4 is 33.2 Å². The zero-order chi connectivity index (χ0) is 54.2. The van der Waals surface area contributed by atoms with E-state index in [1.165, 1.54) is 18.2 Å². The average Bonchev–Trinajstić information content (AvgIpc) is 4.09. The summed E-state index contributed by atoms with van der Waals surface area (Å²) in [7, 11) is 0. The summed E-state index contributed by atoms with van der Waals surface area (Å²) in [6, 6.07) is 23.9. The van der Waals surface area contributed by atoms with Crippen molar-refractivity contribution in [2.75, 3.05) is 20.4 Å². The highest BCUT2D eigenvalue weighted by Crippen LogP contribution is 2.62. The van der Waals surface area contributed by atoms with E-state index >= 15 is 0 Å². The first-order chi connectivity index (χ1) is 37.3. The number of aliphatic hydroxyl groups excluding tert-OH is 1. The number of carbonyl (C=O) groups excluding carboxylic acids is 8. The molecule has 5 aromatic carbocycles. The van der Waals surface area contributed by atoms with Gasteiger partial charge >= 0.3 is 35.8 Å². The fraction of sp³-hybridized carbons (Fsp3) is 0.263. The number of Topliss-reactive ketones (excluding diaryl/α,β-unsaturated/α-hetero) is 2. The van der Waals surface area contributed by atoms with Crippen molar-refractivity contribution < 1.29 is 86.1 Å². The largest absolute Gasteiger partial charge is 0.464 e. The van der Waals surface area contributed by atoms with E-state index in [-0.39, 0.29) is 70.8 Å². The number of benzene rings is 5. The van der Waals surface area contributed by atoms with Crippen LogP contribution >= 0.6 is 23.5 Å². The molecule has 20 heteroatoms. The van der Waals surface area contributed by atoms with Crippen LogP contribution in [0, 0.1) is 23.7 Å². The van der Waals surface area contributed by atoms with Gasteiger partial charge in [-0.25, -0.2) is 9.59 Å².